The smallest absolute Gasteiger partial charge is 0.269 e. The highest BCUT2D eigenvalue weighted by Gasteiger charge is 2.28. The van der Waals surface area contributed by atoms with Crippen molar-refractivity contribution in [2.45, 2.75) is 18.9 Å². The molecule has 1 aromatic rings. The van der Waals surface area contributed by atoms with E-state index in [-0.39, 0.29) is 17.6 Å². The SMILES string of the molecule is NC(CNC(=O)/C=C/c1ccc([N+](=O)[O-])cc1)C1CC1. The number of nitrogens with one attached hydrogen (secondary N) is 1. The summed E-state index contributed by atoms with van der Waals surface area (Å²) >= 11 is 0. The maximum Gasteiger partial charge on any atom is 0.269 e. The third kappa shape index (κ3) is 4.17. The molecule has 1 aliphatic carbocycles. The van der Waals surface area contributed by atoms with Crippen LogP contribution in [0.3, 0.4) is 0 Å². The minimum Gasteiger partial charge on any atom is -0.351 e. The summed E-state index contributed by atoms with van der Waals surface area (Å²) in [5.41, 5.74) is 6.64. The lowest BCUT2D eigenvalue weighted by Gasteiger charge is -2.09. The molecule has 0 saturated heterocycles. The van der Waals surface area contributed by atoms with Gasteiger partial charge in [0.15, 0.2) is 0 Å². The molecule has 1 amide bonds. The van der Waals surface area contributed by atoms with Crippen LogP contribution in [-0.4, -0.2) is 23.4 Å². The maximum absolute atomic E-state index is 11.6. The van der Waals surface area contributed by atoms with E-state index < -0.39 is 4.92 Å². The van der Waals surface area contributed by atoms with E-state index in [4.69, 9.17) is 5.73 Å². The quantitative estimate of drug-likeness (QED) is 0.466. The van der Waals surface area contributed by atoms with Gasteiger partial charge in [0.1, 0.15) is 0 Å². The van der Waals surface area contributed by atoms with Crippen LogP contribution in [0.5, 0.6) is 0 Å². The number of hydrogen-bond donors (Lipinski definition) is 2. The van der Waals surface area contributed by atoms with Crippen LogP contribution >= 0.6 is 0 Å². The molecule has 20 heavy (non-hydrogen) atoms. The molecule has 0 aliphatic heterocycles. The number of nitrogens with two attached hydrogens (primary N) is 1. The van der Waals surface area contributed by atoms with Gasteiger partial charge in [0.2, 0.25) is 5.91 Å². The molecule has 1 aromatic carbocycles. The van der Waals surface area contributed by atoms with Crippen LogP contribution in [0, 0.1) is 16.0 Å². The predicted octanol–water partition coefficient (Wildman–Crippen LogP) is 1.46. The number of hydrogen-bond acceptors (Lipinski definition) is 4. The molecule has 1 fully saturated rings. The van der Waals surface area contributed by atoms with Crippen molar-refractivity contribution >= 4 is 17.7 Å². The summed E-state index contributed by atoms with van der Waals surface area (Å²) in [6.07, 6.45) is 5.31. The van der Waals surface area contributed by atoms with Gasteiger partial charge in [0.25, 0.3) is 5.69 Å². The third-order valence-corrected chi connectivity index (χ3v) is 3.27. The second kappa shape index (κ2) is 6.29. The second-order valence-electron chi connectivity index (χ2n) is 4.93. The normalized spacial score (nSPS) is 16.1. The van der Waals surface area contributed by atoms with Crippen molar-refractivity contribution in [3.05, 3.63) is 46.0 Å². The molecule has 0 heterocycles. The third-order valence-electron chi connectivity index (χ3n) is 3.27. The minimum atomic E-state index is -0.459. The van der Waals surface area contributed by atoms with Crippen molar-refractivity contribution in [2.75, 3.05) is 6.54 Å². The molecule has 6 heteroatoms. The highest BCUT2D eigenvalue weighted by Crippen LogP contribution is 2.31. The molecule has 0 aromatic heterocycles. The minimum absolute atomic E-state index is 0.0296. The van der Waals surface area contributed by atoms with E-state index >= 15 is 0 Å². The molecule has 0 bridgehead atoms. The Bertz CT molecular complexity index is 521. The van der Waals surface area contributed by atoms with Crippen molar-refractivity contribution in [1.82, 2.24) is 5.32 Å². The van der Waals surface area contributed by atoms with Crippen molar-refractivity contribution < 1.29 is 9.72 Å². The molecule has 6 nitrogen and oxygen atoms in total. The zero-order chi connectivity index (χ0) is 14.5. The molecule has 1 saturated carbocycles. The predicted molar refractivity (Wildman–Crippen MR) is 75.8 cm³/mol. The lowest BCUT2D eigenvalue weighted by molar-refractivity contribution is -0.384. The average molecular weight is 275 g/mol. The number of benzene rings is 1. The van der Waals surface area contributed by atoms with Gasteiger partial charge in [0, 0.05) is 30.8 Å². The van der Waals surface area contributed by atoms with E-state index in [9.17, 15) is 14.9 Å². The monoisotopic (exact) mass is 275 g/mol. The number of non-ortho nitro benzene ring substituents is 1. The van der Waals surface area contributed by atoms with Gasteiger partial charge in [-0.25, -0.2) is 0 Å². The Morgan fingerprint density at radius 2 is 2.10 bits per heavy atom. The van der Waals surface area contributed by atoms with Gasteiger partial charge in [-0.3, -0.25) is 14.9 Å². The Labute approximate surface area is 116 Å². The zero-order valence-corrected chi connectivity index (χ0v) is 11.0. The van der Waals surface area contributed by atoms with Crippen LogP contribution in [0.15, 0.2) is 30.3 Å². The van der Waals surface area contributed by atoms with Crippen LogP contribution in [0.1, 0.15) is 18.4 Å². The summed E-state index contributed by atoms with van der Waals surface area (Å²) in [5, 5.41) is 13.2. The van der Waals surface area contributed by atoms with Gasteiger partial charge >= 0.3 is 0 Å². The Morgan fingerprint density at radius 1 is 1.45 bits per heavy atom. The number of rotatable bonds is 6. The van der Waals surface area contributed by atoms with Crippen LogP contribution in [0.2, 0.25) is 0 Å². The standard InChI is InChI=1S/C14H17N3O3/c15-13(11-4-5-11)9-16-14(18)8-3-10-1-6-12(7-2-10)17(19)20/h1-3,6-8,11,13H,4-5,9,15H2,(H,16,18)/b8-3+. The van der Waals surface area contributed by atoms with Crippen molar-refractivity contribution in [1.29, 1.82) is 0 Å². The lowest BCUT2D eigenvalue weighted by Crippen LogP contribution is -2.37. The Balaban J connectivity index is 1.81. The maximum atomic E-state index is 11.6. The number of amides is 1. The van der Waals surface area contributed by atoms with Crippen molar-refractivity contribution in [2.24, 2.45) is 11.7 Å². The van der Waals surface area contributed by atoms with Crippen LogP contribution in [-0.2, 0) is 4.79 Å². The Hall–Kier alpha value is -2.21. The van der Waals surface area contributed by atoms with Crippen LogP contribution in [0.25, 0.3) is 6.08 Å². The first-order valence-corrected chi connectivity index (χ1v) is 6.52. The lowest BCUT2D eigenvalue weighted by atomic mass is 10.2. The molecule has 0 spiro atoms. The van der Waals surface area contributed by atoms with Crippen LogP contribution < -0.4 is 11.1 Å². The number of nitrogens with zero attached hydrogens (tertiary/aromatic N) is 1. The largest absolute Gasteiger partial charge is 0.351 e. The highest BCUT2D eigenvalue weighted by atomic mass is 16.6. The van der Waals surface area contributed by atoms with Crippen LogP contribution in [0.4, 0.5) is 5.69 Å². The molecule has 1 unspecified atom stereocenters. The first kappa shape index (κ1) is 14.2. The van der Waals surface area contributed by atoms with Gasteiger partial charge in [-0.1, -0.05) is 0 Å². The Morgan fingerprint density at radius 3 is 2.65 bits per heavy atom. The summed E-state index contributed by atoms with van der Waals surface area (Å²) in [7, 11) is 0. The average Bonchev–Trinajstić information content (AvgIpc) is 3.27. The fourth-order valence-electron chi connectivity index (χ4n) is 1.85. The summed E-state index contributed by atoms with van der Waals surface area (Å²) < 4.78 is 0. The summed E-state index contributed by atoms with van der Waals surface area (Å²) in [4.78, 5) is 21.6. The van der Waals surface area contributed by atoms with Gasteiger partial charge in [-0.2, -0.15) is 0 Å². The molecule has 1 aliphatic rings. The van der Waals surface area contributed by atoms with E-state index in [1.165, 1.54) is 18.2 Å². The van der Waals surface area contributed by atoms with Crippen molar-refractivity contribution in [3.63, 3.8) is 0 Å². The molecule has 0 radical (unpaired) electrons. The topological polar surface area (TPSA) is 98.3 Å². The van der Waals surface area contributed by atoms with E-state index in [1.807, 2.05) is 0 Å². The number of nitro benzene ring substituents is 1. The van der Waals surface area contributed by atoms with Gasteiger partial charge in [-0.05, 0) is 42.5 Å². The second-order valence-corrected chi connectivity index (χ2v) is 4.93. The van der Waals surface area contributed by atoms with E-state index in [0.29, 0.717) is 12.5 Å². The first-order chi connectivity index (χ1) is 9.56. The first-order valence-electron chi connectivity index (χ1n) is 6.52. The molecule has 106 valence electrons. The summed E-state index contributed by atoms with van der Waals surface area (Å²) in [5.74, 6) is 0.341. The number of carbonyl (C=O) groups excluding carboxylic acids is 1. The van der Waals surface area contributed by atoms with Crippen molar-refractivity contribution in [3.8, 4) is 0 Å². The fourth-order valence-corrected chi connectivity index (χ4v) is 1.85. The molecule has 3 N–H and O–H groups in total. The number of nitro groups is 1. The number of carbonyl (C=O) groups is 1. The summed E-state index contributed by atoms with van der Waals surface area (Å²) in [6.45, 7) is 0.480. The van der Waals surface area contributed by atoms with Gasteiger partial charge in [0.05, 0.1) is 4.92 Å². The highest BCUT2D eigenvalue weighted by molar-refractivity contribution is 5.91. The molecular weight excluding hydrogens is 258 g/mol. The van der Waals surface area contributed by atoms with E-state index in [1.54, 1.807) is 18.2 Å². The fraction of sp³-hybridized carbons (Fsp3) is 0.357. The van der Waals surface area contributed by atoms with Gasteiger partial charge < -0.3 is 11.1 Å². The molecule has 2 rings (SSSR count). The van der Waals surface area contributed by atoms with Gasteiger partial charge in [-0.15, -0.1) is 0 Å². The Kier molecular flexibility index (Phi) is 4.47. The molecular formula is C14H17N3O3. The molecule has 1 atom stereocenters. The summed E-state index contributed by atoms with van der Waals surface area (Å²) in [6, 6.07) is 6.03. The van der Waals surface area contributed by atoms with E-state index in [0.717, 1.165) is 18.4 Å². The zero-order valence-electron chi connectivity index (χ0n) is 11.0. The van der Waals surface area contributed by atoms with E-state index in [2.05, 4.69) is 5.32 Å².